The van der Waals surface area contributed by atoms with Crippen molar-refractivity contribution >= 4 is 33.1 Å². The summed E-state index contributed by atoms with van der Waals surface area (Å²) in [4.78, 5) is 39.0. The van der Waals surface area contributed by atoms with E-state index >= 15 is 0 Å². The van der Waals surface area contributed by atoms with Crippen LogP contribution in [0.3, 0.4) is 0 Å². The third-order valence-corrected chi connectivity index (χ3v) is 6.07. The Morgan fingerprint density at radius 3 is 2.48 bits per heavy atom. The number of benzene rings is 2. The fourth-order valence-corrected chi connectivity index (χ4v) is 4.35. The van der Waals surface area contributed by atoms with Crippen molar-refractivity contribution in [1.29, 1.82) is 0 Å². The van der Waals surface area contributed by atoms with Crippen LogP contribution >= 0.6 is 11.3 Å². The molecule has 6 nitrogen and oxygen atoms in total. The second-order valence-corrected chi connectivity index (χ2v) is 8.72. The van der Waals surface area contributed by atoms with Gasteiger partial charge in [0.2, 0.25) is 5.91 Å². The molecule has 4 aromatic rings. The zero-order chi connectivity index (χ0) is 22.1. The average molecular weight is 434 g/mol. The highest BCUT2D eigenvalue weighted by Crippen LogP contribution is 2.19. The van der Waals surface area contributed by atoms with E-state index in [0.29, 0.717) is 27.5 Å². The van der Waals surface area contributed by atoms with Crippen LogP contribution in [0.5, 0.6) is 0 Å². The summed E-state index contributed by atoms with van der Waals surface area (Å²) in [6.45, 7) is 5.92. The van der Waals surface area contributed by atoms with Gasteiger partial charge in [-0.25, -0.2) is 9.36 Å². The lowest BCUT2D eigenvalue weighted by Crippen LogP contribution is -2.40. The highest BCUT2D eigenvalue weighted by molar-refractivity contribution is 7.17. The van der Waals surface area contributed by atoms with Crippen molar-refractivity contribution in [3.63, 3.8) is 0 Å². The Kier molecular flexibility index (Phi) is 5.61. The van der Waals surface area contributed by atoms with Gasteiger partial charge in [-0.2, -0.15) is 0 Å². The maximum Gasteiger partial charge on any atom is 0.336 e. The Balaban J connectivity index is 1.72. The summed E-state index contributed by atoms with van der Waals surface area (Å²) in [5.41, 5.74) is 2.82. The minimum Gasteiger partial charge on any atom is -0.325 e. The van der Waals surface area contributed by atoms with Crippen LogP contribution in [0, 0.1) is 6.92 Å². The van der Waals surface area contributed by atoms with E-state index in [1.54, 1.807) is 29.6 Å². The standard InChI is InChI=1S/C24H23N3O3S/c1-15(2)17-7-9-18(10-8-17)25-21(28)14-26-20-11-12-31-22(20)23(29)27(24(26)30)19-6-4-5-16(3)13-19/h4-13,15H,14H2,1-3H3,(H,25,28). The van der Waals surface area contributed by atoms with Gasteiger partial charge in [0.25, 0.3) is 5.56 Å². The molecule has 0 aliphatic rings. The lowest BCUT2D eigenvalue weighted by atomic mass is 10.0. The van der Waals surface area contributed by atoms with E-state index in [0.717, 1.165) is 10.1 Å². The van der Waals surface area contributed by atoms with Crippen LogP contribution in [0.25, 0.3) is 15.9 Å². The molecule has 1 amide bonds. The van der Waals surface area contributed by atoms with Crippen LogP contribution in [0.2, 0.25) is 0 Å². The summed E-state index contributed by atoms with van der Waals surface area (Å²) in [7, 11) is 0. The van der Waals surface area contributed by atoms with Gasteiger partial charge >= 0.3 is 5.69 Å². The monoisotopic (exact) mass is 433 g/mol. The molecule has 0 saturated carbocycles. The van der Waals surface area contributed by atoms with Crippen molar-refractivity contribution in [2.24, 2.45) is 0 Å². The van der Waals surface area contributed by atoms with E-state index in [1.165, 1.54) is 21.5 Å². The molecule has 0 bridgehead atoms. The second kappa shape index (κ2) is 8.35. The molecule has 0 unspecified atom stereocenters. The average Bonchev–Trinajstić information content (AvgIpc) is 3.22. The molecule has 0 saturated heterocycles. The Labute approximate surface area is 183 Å². The van der Waals surface area contributed by atoms with Crippen LogP contribution in [-0.2, 0) is 11.3 Å². The number of nitrogens with zero attached hydrogens (tertiary/aromatic N) is 2. The Morgan fingerprint density at radius 1 is 1.06 bits per heavy atom. The molecule has 158 valence electrons. The number of nitrogens with one attached hydrogen (secondary N) is 1. The molecular weight excluding hydrogens is 410 g/mol. The normalized spacial score (nSPS) is 11.2. The highest BCUT2D eigenvalue weighted by atomic mass is 32.1. The summed E-state index contributed by atoms with van der Waals surface area (Å²) in [6, 6.07) is 16.5. The molecule has 0 fully saturated rings. The van der Waals surface area contributed by atoms with E-state index in [1.807, 2.05) is 37.3 Å². The third-order valence-electron chi connectivity index (χ3n) is 5.18. The molecule has 2 aromatic heterocycles. The van der Waals surface area contributed by atoms with Crippen molar-refractivity contribution in [3.8, 4) is 5.69 Å². The van der Waals surface area contributed by atoms with Crippen molar-refractivity contribution in [1.82, 2.24) is 9.13 Å². The molecule has 2 heterocycles. The van der Waals surface area contributed by atoms with Crippen molar-refractivity contribution < 1.29 is 4.79 Å². The fourth-order valence-electron chi connectivity index (χ4n) is 3.53. The minimum atomic E-state index is -0.535. The Morgan fingerprint density at radius 2 is 1.81 bits per heavy atom. The van der Waals surface area contributed by atoms with E-state index in [4.69, 9.17) is 0 Å². The molecule has 1 N–H and O–H groups in total. The zero-order valence-electron chi connectivity index (χ0n) is 17.6. The molecule has 0 atom stereocenters. The molecular formula is C24H23N3O3S. The lowest BCUT2D eigenvalue weighted by Gasteiger charge is -2.13. The van der Waals surface area contributed by atoms with E-state index in [9.17, 15) is 14.4 Å². The number of amides is 1. The zero-order valence-corrected chi connectivity index (χ0v) is 18.4. The fraction of sp³-hybridized carbons (Fsp3) is 0.208. The number of hydrogen-bond donors (Lipinski definition) is 1. The van der Waals surface area contributed by atoms with Gasteiger partial charge in [-0.1, -0.05) is 38.1 Å². The summed E-state index contributed by atoms with van der Waals surface area (Å²) < 4.78 is 2.93. The van der Waals surface area contributed by atoms with Gasteiger partial charge in [0.1, 0.15) is 11.2 Å². The topological polar surface area (TPSA) is 73.1 Å². The number of hydrogen-bond acceptors (Lipinski definition) is 4. The summed E-state index contributed by atoms with van der Waals surface area (Å²) in [6.07, 6.45) is 0. The molecule has 0 aliphatic carbocycles. The van der Waals surface area contributed by atoms with Crippen LogP contribution in [-0.4, -0.2) is 15.0 Å². The molecule has 31 heavy (non-hydrogen) atoms. The summed E-state index contributed by atoms with van der Waals surface area (Å²) in [5.74, 6) is 0.0687. The van der Waals surface area contributed by atoms with Gasteiger partial charge in [-0.05, 0) is 59.7 Å². The van der Waals surface area contributed by atoms with Gasteiger partial charge in [-0.3, -0.25) is 14.2 Å². The summed E-state index contributed by atoms with van der Waals surface area (Å²) in [5, 5.41) is 4.60. The predicted molar refractivity (Wildman–Crippen MR) is 126 cm³/mol. The molecule has 0 spiro atoms. The highest BCUT2D eigenvalue weighted by Gasteiger charge is 2.17. The number of carbonyl (C=O) groups excluding carboxylic acids is 1. The second-order valence-electron chi connectivity index (χ2n) is 7.81. The number of carbonyl (C=O) groups is 1. The van der Waals surface area contributed by atoms with Gasteiger partial charge < -0.3 is 5.32 Å². The lowest BCUT2D eigenvalue weighted by molar-refractivity contribution is -0.116. The van der Waals surface area contributed by atoms with Crippen LogP contribution in [0.15, 0.2) is 69.6 Å². The van der Waals surface area contributed by atoms with E-state index in [-0.39, 0.29) is 18.0 Å². The Hall–Kier alpha value is -3.45. The first kappa shape index (κ1) is 20.8. The molecule has 4 rings (SSSR count). The van der Waals surface area contributed by atoms with Crippen molar-refractivity contribution in [3.05, 3.63) is 91.9 Å². The summed E-state index contributed by atoms with van der Waals surface area (Å²) >= 11 is 1.26. The number of thiophene rings is 1. The Bertz CT molecular complexity index is 1380. The first-order chi connectivity index (χ1) is 14.8. The molecule has 2 aromatic carbocycles. The maximum atomic E-state index is 13.3. The van der Waals surface area contributed by atoms with Gasteiger partial charge in [0.15, 0.2) is 0 Å². The van der Waals surface area contributed by atoms with Crippen molar-refractivity contribution in [2.75, 3.05) is 5.32 Å². The van der Waals surface area contributed by atoms with Crippen molar-refractivity contribution in [2.45, 2.75) is 33.2 Å². The van der Waals surface area contributed by atoms with E-state index in [2.05, 4.69) is 19.2 Å². The largest absolute Gasteiger partial charge is 0.336 e. The number of fused-ring (bicyclic) bond motifs is 1. The third kappa shape index (κ3) is 4.09. The molecule has 0 aliphatic heterocycles. The minimum absolute atomic E-state index is 0.190. The molecule has 7 heteroatoms. The van der Waals surface area contributed by atoms with Gasteiger partial charge in [0.05, 0.1) is 11.2 Å². The van der Waals surface area contributed by atoms with Crippen LogP contribution in [0.4, 0.5) is 5.69 Å². The maximum absolute atomic E-state index is 13.3. The smallest absolute Gasteiger partial charge is 0.325 e. The molecule has 0 radical (unpaired) electrons. The number of anilines is 1. The van der Waals surface area contributed by atoms with E-state index < -0.39 is 5.69 Å². The first-order valence-electron chi connectivity index (χ1n) is 10.0. The van der Waals surface area contributed by atoms with Gasteiger partial charge in [0, 0.05) is 5.69 Å². The number of rotatable bonds is 5. The van der Waals surface area contributed by atoms with Crippen LogP contribution in [0.1, 0.15) is 30.9 Å². The predicted octanol–water partition coefficient (Wildman–Crippen LogP) is 4.28. The van der Waals surface area contributed by atoms with Crippen LogP contribution < -0.4 is 16.6 Å². The quantitative estimate of drug-likeness (QED) is 0.510. The van der Waals surface area contributed by atoms with Gasteiger partial charge in [-0.15, -0.1) is 11.3 Å². The first-order valence-corrected chi connectivity index (χ1v) is 10.9. The number of aryl methyl sites for hydroxylation is 1. The SMILES string of the molecule is Cc1cccc(-n2c(=O)c3sccc3n(CC(=O)Nc3ccc(C(C)C)cc3)c2=O)c1. The number of aromatic nitrogens is 2.